The molecule has 5 nitrogen and oxygen atoms in total. The zero-order valence-electron chi connectivity index (χ0n) is 15.7. The zero-order valence-corrected chi connectivity index (χ0v) is 16.5. The molecule has 1 N–H and O–H groups in total. The Bertz CT molecular complexity index is 603. The molecule has 1 saturated heterocycles. The molecule has 0 radical (unpaired) electrons. The molecule has 6 heteroatoms. The summed E-state index contributed by atoms with van der Waals surface area (Å²) < 4.78 is 17.0. The van der Waals surface area contributed by atoms with Gasteiger partial charge in [-0.3, -0.25) is 4.21 Å². The second-order valence-electron chi connectivity index (χ2n) is 7.42. The van der Waals surface area contributed by atoms with E-state index in [-0.39, 0.29) is 6.09 Å². The number of carbonyl (C=O) groups excluding carboxylic acids is 1. The number of benzene rings is 1. The van der Waals surface area contributed by atoms with Crippen molar-refractivity contribution in [2.75, 3.05) is 23.4 Å². The van der Waals surface area contributed by atoms with Crippen molar-refractivity contribution in [2.24, 2.45) is 0 Å². The average Bonchev–Trinajstić information content (AvgIpc) is 2.54. The minimum Gasteiger partial charge on any atom is -0.444 e. The SMILES string of the molecule is CCN(Cc1ccccc1NC1CCS(=O)CC1)C(=O)OC(C)(C)C. The van der Waals surface area contributed by atoms with Gasteiger partial charge in [0.15, 0.2) is 0 Å². The number of ether oxygens (including phenoxy) is 1. The Morgan fingerprint density at radius 3 is 2.52 bits per heavy atom. The quantitative estimate of drug-likeness (QED) is 0.862. The predicted octanol–water partition coefficient (Wildman–Crippen LogP) is 3.77. The summed E-state index contributed by atoms with van der Waals surface area (Å²) in [5.41, 5.74) is 1.61. The van der Waals surface area contributed by atoms with E-state index in [2.05, 4.69) is 5.32 Å². The van der Waals surface area contributed by atoms with E-state index in [9.17, 15) is 9.00 Å². The van der Waals surface area contributed by atoms with E-state index in [1.165, 1.54) is 0 Å². The van der Waals surface area contributed by atoms with E-state index in [0.717, 1.165) is 35.6 Å². The van der Waals surface area contributed by atoms with Crippen LogP contribution in [-0.4, -0.2) is 44.9 Å². The van der Waals surface area contributed by atoms with Gasteiger partial charge >= 0.3 is 6.09 Å². The molecule has 0 spiro atoms. The van der Waals surface area contributed by atoms with Crippen molar-refractivity contribution in [1.82, 2.24) is 4.90 Å². The lowest BCUT2D eigenvalue weighted by Gasteiger charge is -2.28. The highest BCUT2D eigenvalue weighted by Gasteiger charge is 2.23. The molecule has 25 heavy (non-hydrogen) atoms. The smallest absolute Gasteiger partial charge is 0.410 e. The highest BCUT2D eigenvalue weighted by atomic mass is 32.2. The molecule has 0 unspecified atom stereocenters. The maximum absolute atomic E-state index is 12.4. The van der Waals surface area contributed by atoms with Gasteiger partial charge < -0.3 is 15.0 Å². The van der Waals surface area contributed by atoms with Crippen LogP contribution in [0.5, 0.6) is 0 Å². The normalized spacial score (nSPS) is 20.8. The molecule has 1 aliphatic heterocycles. The van der Waals surface area contributed by atoms with Crippen molar-refractivity contribution < 1.29 is 13.7 Å². The number of anilines is 1. The topological polar surface area (TPSA) is 58.6 Å². The number of carbonyl (C=O) groups is 1. The lowest BCUT2D eigenvalue weighted by molar-refractivity contribution is 0.0245. The minimum absolute atomic E-state index is 0.294. The molecule has 1 fully saturated rings. The molecule has 140 valence electrons. The van der Waals surface area contributed by atoms with Crippen molar-refractivity contribution in [3.63, 3.8) is 0 Å². The zero-order chi connectivity index (χ0) is 18.4. The Hall–Kier alpha value is -1.56. The van der Waals surface area contributed by atoms with Gasteiger partial charge in [-0.15, -0.1) is 0 Å². The first-order valence-electron chi connectivity index (χ1n) is 8.96. The van der Waals surface area contributed by atoms with Gasteiger partial charge in [-0.2, -0.15) is 0 Å². The summed E-state index contributed by atoms with van der Waals surface area (Å²) in [5, 5.41) is 3.57. The Morgan fingerprint density at radius 2 is 1.92 bits per heavy atom. The fraction of sp³-hybridized carbons (Fsp3) is 0.632. The molecular formula is C19H30N2O3S. The van der Waals surface area contributed by atoms with Gasteiger partial charge in [0.1, 0.15) is 5.60 Å². The van der Waals surface area contributed by atoms with E-state index < -0.39 is 16.4 Å². The number of hydrogen-bond donors (Lipinski definition) is 1. The van der Waals surface area contributed by atoms with Gasteiger partial charge in [0.2, 0.25) is 0 Å². The van der Waals surface area contributed by atoms with Crippen LogP contribution in [0.25, 0.3) is 0 Å². The molecule has 0 atom stereocenters. The molecule has 1 aliphatic rings. The minimum atomic E-state index is -0.660. The summed E-state index contributed by atoms with van der Waals surface area (Å²) in [4.78, 5) is 14.1. The van der Waals surface area contributed by atoms with Crippen LogP contribution in [0.4, 0.5) is 10.5 Å². The van der Waals surface area contributed by atoms with Crippen molar-refractivity contribution >= 4 is 22.6 Å². The van der Waals surface area contributed by atoms with Crippen molar-refractivity contribution in [2.45, 2.75) is 58.7 Å². The molecule has 1 aromatic carbocycles. The molecule has 1 heterocycles. The second kappa shape index (κ2) is 8.70. The van der Waals surface area contributed by atoms with Crippen LogP contribution in [0.3, 0.4) is 0 Å². The summed E-state index contributed by atoms with van der Waals surface area (Å²) in [5.74, 6) is 1.53. The van der Waals surface area contributed by atoms with E-state index in [0.29, 0.717) is 19.1 Å². The summed E-state index contributed by atoms with van der Waals surface area (Å²) in [6.07, 6.45) is 1.55. The third kappa shape index (κ3) is 6.34. The first-order valence-corrected chi connectivity index (χ1v) is 10.4. The number of para-hydroxylation sites is 1. The maximum Gasteiger partial charge on any atom is 0.410 e. The Kier molecular flexibility index (Phi) is 6.87. The monoisotopic (exact) mass is 366 g/mol. The predicted molar refractivity (Wildman–Crippen MR) is 103 cm³/mol. The van der Waals surface area contributed by atoms with E-state index in [1.807, 2.05) is 52.0 Å². The molecular weight excluding hydrogens is 336 g/mol. The average molecular weight is 367 g/mol. The van der Waals surface area contributed by atoms with Crippen molar-refractivity contribution in [3.8, 4) is 0 Å². The number of hydrogen-bond acceptors (Lipinski definition) is 4. The van der Waals surface area contributed by atoms with E-state index >= 15 is 0 Å². The second-order valence-corrected chi connectivity index (χ2v) is 9.11. The number of nitrogens with one attached hydrogen (secondary N) is 1. The van der Waals surface area contributed by atoms with Gasteiger partial charge in [0, 0.05) is 40.6 Å². The maximum atomic E-state index is 12.4. The molecule has 0 saturated carbocycles. The third-order valence-electron chi connectivity index (χ3n) is 4.16. The largest absolute Gasteiger partial charge is 0.444 e. The Balaban J connectivity index is 2.05. The fourth-order valence-corrected chi connectivity index (χ4v) is 4.09. The van der Waals surface area contributed by atoms with Crippen LogP contribution in [0.2, 0.25) is 0 Å². The van der Waals surface area contributed by atoms with E-state index in [1.54, 1.807) is 4.90 Å². The number of amides is 1. The fourth-order valence-electron chi connectivity index (χ4n) is 2.79. The van der Waals surface area contributed by atoms with Crippen LogP contribution in [0, 0.1) is 0 Å². The summed E-state index contributed by atoms with van der Waals surface area (Å²) in [7, 11) is -0.660. The lowest BCUT2D eigenvalue weighted by Crippen LogP contribution is -2.36. The Labute approximate surface area is 153 Å². The van der Waals surface area contributed by atoms with Crippen LogP contribution < -0.4 is 5.32 Å². The van der Waals surface area contributed by atoms with Gasteiger partial charge in [0.25, 0.3) is 0 Å². The van der Waals surface area contributed by atoms with Gasteiger partial charge in [-0.1, -0.05) is 18.2 Å². The van der Waals surface area contributed by atoms with E-state index in [4.69, 9.17) is 4.74 Å². The third-order valence-corrected chi connectivity index (χ3v) is 5.54. The lowest BCUT2D eigenvalue weighted by atomic mass is 10.1. The first-order chi connectivity index (χ1) is 11.8. The summed E-state index contributed by atoms with van der Waals surface area (Å²) >= 11 is 0. The van der Waals surface area contributed by atoms with Crippen molar-refractivity contribution in [3.05, 3.63) is 29.8 Å². The van der Waals surface area contributed by atoms with Crippen LogP contribution in [-0.2, 0) is 22.1 Å². The highest BCUT2D eigenvalue weighted by molar-refractivity contribution is 7.85. The molecule has 0 bridgehead atoms. The molecule has 0 aliphatic carbocycles. The molecule has 2 rings (SSSR count). The van der Waals surface area contributed by atoms with Gasteiger partial charge in [-0.05, 0) is 52.2 Å². The molecule has 0 aromatic heterocycles. The summed E-state index contributed by atoms with van der Waals surface area (Å²) in [6.45, 7) is 8.68. The van der Waals surface area contributed by atoms with Crippen LogP contribution in [0.1, 0.15) is 46.1 Å². The summed E-state index contributed by atoms with van der Waals surface area (Å²) in [6, 6.07) is 8.41. The number of nitrogens with zero attached hydrogens (tertiary/aromatic N) is 1. The van der Waals surface area contributed by atoms with Crippen LogP contribution >= 0.6 is 0 Å². The van der Waals surface area contributed by atoms with Gasteiger partial charge in [-0.25, -0.2) is 4.79 Å². The highest BCUT2D eigenvalue weighted by Crippen LogP contribution is 2.22. The molecule has 1 amide bonds. The van der Waals surface area contributed by atoms with Crippen molar-refractivity contribution in [1.29, 1.82) is 0 Å². The van der Waals surface area contributed by atoms with Crippen LogP contribution in [0.15, 0.2) is 24.3 Å². The van der Waals surface area contributed by atoms with Gasteiger partial charge in [0.05, 0.1) is 6.54 Å². The first kappa shape index (κ1) is 19.8. The standard InChI is InChI=1S/C19H30N2O3S/c1-5-21(18(22)24-19(2,3)4)14-15-8-6-7-9-17(15)20-16-10-12-25(23)13-11-16/h6-9,16,20H,5,10-14H2,1-4H3. The number of rotatable bonds is 5. The molecule has 1 aromatic rings. The Morgan fingerprint density at radius 1 is 1.28 bits per heavy atom.